The molecule has 1 fully saturated rings. The summed E-state index contributed by atoms with van der Waals surface area (Å²) in [6, 6.07) is 0.428. The third kappa shape index (κ3) is 2.82. The van der Waals surface area contributed by atoms with Gasteiger partial charge in [0.05, 0.1) is 12.2 Å². The van der Waals surface area contributed by atoms with Crippen LogP contribution in [-0.4, -0.2) is 18.2 Å². The highest BCUT2D eigenvalue weighted by atomic mass is 16.5. The molecule has 0 aliphatic heterocycles. The molecule has 1 atom stereocenters. The van der Waals surface area contributed by atoms with Crippen LogP contribution in [0.3, 0.4) is 0 Å². The van der Waals surface area contributed by atoms with E-state index in [4.69, 9.17) is 10.5 Å². The van der Waals surface area contributed by atoms with E-state index in [1.54, 1.807) is 0 Å². The second-order valence-corrected chi connectivity index (χ2v) is 4.57. The molecule has 14 heavy (non-hydrogen) atoms. The Kier molecular flexibility index (Phi) is 3.60. The van der Waals surface area contributed by atoms with Crippen LogP contribution >= 0.6 is 0 Å². The molecular formula is C12H21NO. The Labute approximate surface area is 86.5 Å². The molecule has 80 valence electrons. The van der Waals surface area contributed by atoms with Crippen molar-refractivity contribution in [3.63, 3.8) is 0 Å². The molecule has 0 bridgehead atoms. The lowest BCUT2D eigenvalue weighted by atomic mass is 9.93. The van der Waals surface area contributed by atoms with Crippen LogP contribution in [0.15, 0.2) is 12.2 Å². The Morgan fingerprint density at radius 3 is 2.50 bits per heavy atom. The van der Waals surface area contributed by atoms with Crippen molar-refractivity contribution in [1.82, 2.24) is 0 Å². The lowest BCUT2D eigenvalue weighted by Crippen LogP contribution is -2.32. The van der Waals surface area contributed by atoms with Gasteiger partial charge < -0.3 is 10.5 Å². The molecule has 0 aromatic carbocycles. The smallest absolute Gasteiger partial charge is 0.0759 e. The number of allylic oxidation sites excluding steroid dienone is 1. The fourth-order valence-corrected chi connectivity index (χ4v) is 2.37. The highest BCUT2D eigenvalue weighted by molar-refractivity contribution is 4.94. The molecule has 2 aliphatic rings. The fourth-order valence-electron chi connectivity index (χ4n) is 2.37. The van der Waals surface area contributed by atoms with E-state index >= 15 is 0 Å². The summed E-state index contributed by atoms with van der Waals surface area (Å²) in [4.78, 5) is 0. The third-order valence-electron chi connectivity index (χ3n) is 3.30. The molecule has 1 saturated carbocycles. The lowest BCUT2D eigenvalue weighted by molar-refractivity contribution is -0.0152. The third-order valence-corrected chi connectivity index (χ3v) is 3.30. The van der Waals surface area contributed by atoms with Crippen molar-refractivity contribution in [3.8, 4) is 0 Å². The van der Waals surface area contributed by atoms with Gasteiger partial charge in [-0.2, -0.15) is 0 Å². The first-order chi connectivity index (χ1) is 6.84. The summed E-state index contributed by atoms with van der Waals surface area (Å²) in [5.41, 5.74) is 5.86. The van der Waals surface area contributed by atoms with Crippen molar-refractivity contribution in [2.75, 3.05) is 0 Å². The van der Waals surface area contributed by atoms with Crippen LogP contribution in [0.5, 0.6) is 0 Å². The summed E-state index contributed by atoms with van der Waals surface area (Å²) in [6.07, 6.45) is 13.7. The lowest BCUT2D eigenvalue weighted by Gasteiger charge is -2.29. The Bertz CT molecular complexity index is 194. The van der Waals surface area contributed by atoms with E-state index in [1.165, 1.54) is 19.3 Å². The van der Waals surface area contributed by atoms with Crippen molar-refractivity contribution in [3.05, 3.63) is 12.2 Å². The summed E-state index contributed by atoms with van der Waals surface area (Å²) in [7, 11) is 0. The van der Waals surface area contributed by atoms with E-state index in [0.717, 1.165) is 25.7 Å². The van der Waals surface area contributed by atoms with E-state index in [-0.39, 0.29) is 0 Å². The zero-order chi connectivity index (χ0) is 9.80. The zero-order valence-corrected chi connectivity index (χ0v) is 8.82. The first kappa shape index (κ1) is 10.2. The molecule has 1 unspecified atom stereocenters. The summed E-state index contributed by atoms with van der Waals surface area (Å²) in [6.45, 7) is 0. The van der Waals surface area contributed by atoms with Gasteiger partial charge in [-0.15, -0.1) is 0 Å². The van der Waals surface area contributed by atoms with Crippen molar-refractivity contribution in [2.24, 2.45) is 5.73 Å². The molecule has 0 aromatic heterocycles. The molecule has 2 aliphatic carbocycles. The average molecular weight is 195 g/mol. The maximum Gasteiger partial charge on any atom is 0.0759 e. The monoisotopic (exact) mass is 195 g/mol. The molecule has 0 aromatic rings. The zero-order valence-electron chi connectivity index (χ0n) is 8.82. The molecule has 2 rings (SSSR count). The molecule has 0 heterocycles. The van der Waals surface area contributed by atoms with Crippen LogP contribution in [0.4, 0.5) is 0 Å². The number of hydrogen-bond donors (Lipinski definition) is 1. The minimum absolute atomic E-state index is 0.392. The minimum Gasteiger partial charge on any atom is -0.371 e. The Hall–Kier alpha value is -0.340. The molecule has 2 heteroatoms. The number of nitrogens with two attached hydrogens (primary N) is 1. The minimum atomic E-state index is 0.392. The molecule has 0 saturated heterocycles. The summed E-state index contributed by atoms with van der Waals surface area (Å²) in [5.74, 6) is 0. The molecule has 2 nitrogen and oxygen atoms in total. The normalized spacial score (nSPS) is 38.5. The Morgan fingerprint density at radius 1 is 1.07 bits per heavy atom. The van der Waals surface area contributed by atoms with E-state index in [0.29, 0.717) is 18.2 Å². The predicted octanol–water partition coefficient (Wildman–Crippen LogP) is 2.38. The first-order valence-electron chi connectivity index (χ1n) is 5.92. The van der Waals surface area contributed by atoms with Gasteiger partial charge in [-0.05, 0) is 44.9 Å². The molecule has 0 amide bonds. The largest absolute Gasteiger partial charge is 0.371 e. The summed E-state index contributed by atoms with van der Waals surface area (Å²) >= 11 is 0. The second-order valence-electron chi connectivity index (χ2n) is 4.57. The van der Waals surface area contributed by atoms with Crippen LogP contribution in [0, 0.1) is 0 Å². The number of ether oxygens (including phenoxy) is 1. The van der Waals surface area contributed by atoms with Gasteiger partial charge in [0.1, 0.15) is 0 Å². The van der Waals surface area contributed by atoms with Crippen LogP contribution in [0.1, 0.15) is 44.9 Å². The Balaban J connectivity index is 1.74. The topological polar surface area (TPSA) is 35.2 Å². The van der Waals surface area contributed by atoms with E-state index in [1.807, 2.05) is 0 Å². The van der Waals surface area contributed by atoms with Gasteiger partial charge in [-0.25, -0.2) is 0 Å². The van der Waals surface area contributed by atoms with E-state index in [2.05, 4.69) is 12.2 Å². The van der Waals surface area contributed by atoms with Gasteiger partial charge in [0, 0.05) is 6.04 Å². The molecule has 0 spiro atoms. The standard InChI is InChI=1S/C12H21NO/c13-10-6-8-12(9-7-10)14-11-4-2-1-3-5-11/h2,4,10-12H,1,3,5-9,13H2. The quantitative estimate of drug-likeness (QED) is 0.687. The molecule has 2 N–H and O–H groups in total. The maximum absolute atomic E-state index is 6.04. The number of hydrogen-bond acceptors (Lipinski definition) is 2. The SMILES string of the molecule is NC1CCC(OC2C=CCCC2)CC1. The molecular weight excluding hydrogens is 174 g/mol. The maximum atomic E-state index is 6.04. The number of rotatable bonds is 2. The molecule has 0 radical (unpaired) electrons. The van der Waals surface area contributed by atoms with E-state index < -0.39 is 0 Å². The van der Waals surface area contributed by atoms with Gasteiger partial charge in [-0.1, -0.05) is 12.2 Å². The van der Waals surface area contributed by atoms with Crippen LogP contribution in [-0.2, 0) is 4.74 Å². The van der Waals surface area contributed by atoms with Gasteiger partial charge in [0.25, 0.3) is 0 Å². The van der Waals surface area contributed by atoms with Crippen LogP contribution in [0.2, 0.25) is 0 Å². The highest BCUT2D eigenvalue weighted by Gasteiger charge is 2.21. The van der Waals surface area contributed by atoms with Gasteiger partial charge in [-0.3, -0.25) is 0 Å². The first-order valence-corrected chi connectivity index (χ1v) is 5.92. The fraction of sp³-hybridized carbons (Fsp3) is 0.833. The van der Waals surface area contributed by atoms with Crippen molar-refractivity contribution >= 4 is 0 Å². The van der Waals surface area contributed by atoms with Gasteiger partial charge >= 0.3 is 0 Å². The predicted molar refractivity (Wildman–Crippen MR) is 58.1 cm³/mol. The van der Waals surface area contributed by atoms with Crippen LogP contribution in [0.25, 0.3) is 0 Å². The van der Waals surface area contributed by atoms with Gasteiger partial charge in [0.2, 0.25) is 0 Å². The Morgan fingerprint density at radius 2 is 1.86 bits per heavy atom. The van der Waals surface area contributed by atoms with Gasteiger partial charge in [0.15, 0.2) is 0 Å². The highest BCUT2D eigenvalue weighted by Crippen LogP contribution is 2.24. The summed E-state index contributed by atoms with van der Waals surface area (Å²) in [5, 5.41) is 0. The van der Waals surface area contributed by atoms with Crippen LogP contribution < -0.4 is 5.73 Å². The second kappa shape index (κ2) is 4.94. The summed E-state index contributed by atoms with van der Waals surface area (Å²) < 4.78 is 6.04. The van der Waals surface area contributed by atoms with Crippen molar-refractivity contribution < 1.29 is 4.74 Å². The van der Waals surface area contributed by atoms with Crippen molar-refractivity contribution in [1.29, 1.82) is 0 Å². The van der Waals surface area contributed by atoms with E-state index in [9.17, 15) is 0 Å². The average Bonchev–Trinajstić information content (AvgIpc) is 2.23. The van der Waals surface area contributed by atoms with Crippen molar-refractivity contribution in [2.45, 2.75) is 63.2 Å².